The molecule has 2 aromatic heterocycles. The molecule has 20 heavy (non-hydrogen) atoms. The van der Waals surface area contributed by atoms with Gasteiger partial charge in [-0.05, 0) is 23.1 Å². The number of hydrogen-bond acceptors (Lipinski definition) is 3. The molecule has 0 aliphatic heterocycles. The standard InChI is InChI=1S/C15H14N2O2S/c1-16-9-12(11-5-2-3-6-14(11)16)13(10-17(18)19)15-7-4-8-20-15/h2-9,13H,10H2,1H3/t13-/m0/s1. The second-order valence-electron chi connectivity index (χ2n) is 4.80. The van der Waals surface area contributed by atoms with Crippen LogP contribution in [0.5, 0.6) is 0 Å². The van der Waals surface area contributed by atoms with Crippen molar-refractivity contribution in [1.82, 2.24) is 4.57 Å². The highest BCUT2D eigenvalue weighted by molar-refractivity contribution is 7.10. The first-order chi connectivity index (χ1) is 9.66. The molecule has 3 rings (SSSR count). The quantitative estimate of drug-likeness (QED) is 0.543. The Morgan fingerprint density at radius 3 is 2.80 bits per heavy atom. The lowest BCUT2D eigenvalue weighted by Crippen LogP contribution is -2.12. The molecule has 0 aliphatic carbocycles. The van der Waals surface area contributed by atoms with Gasteiger partial charge in [-0.25, -0.2) is 0 Å². The van der Waals surface area contributed by atoms with Gasteiger partial charge >= 0.3 is 0 Å². The molecule has 0 spiro atoms. The Hall–Kier alpha value is -2.14. The van der Waals surface area contributed by atoms with E-state index in [1.807, 2.05) is 59.6 Å². The Labute approximate surface area is 120 Å². The van der Waals surface area contributed by atoms with Gasteiger partial charge in [0.1, 0.15) is 0 Å². The summed E-state index contributed by atoms with van der Waals surface area (Å²) in [5, 5.41) is 14.1. The summed E-state index contributed by atoms with van der Waals surface area (Å²) in [6.45, 7) is -0.0749. The molecule has 0 bridgehead atoms. The number of nitrogens with zero attached hydrogens (tertiary/aromatic N) is 2. The second-order valence-corrected chi connectivity index (χ2v) is 5.78. The van der Waals surface area contributed by atoms with E-state index in [9.17, 15) is 10.1 Å². The lowest BCUT2D eigenvalue weighted by Gasteiger charge is -2.10. The highest BCUT2D eigenvalue weighted by Crippen LogP contribution is 2.34. The van der Waals surface area contributed by atoms with E-state index in [-0.39, 0.29) is 17.4 Å². The SMILES string of the molecule is Cn1cc([C@H](C[N+](=O)[O-])c2cccs2)c2ccccc21. The lowest BCUT2D eigenvalue weighted by molar-refractivity contribution is -0.481. The third-order valence-corrected chi connectivity index (χ3v) is 4.51. The molecule has 0 fully saturated rings. The molecule has 0 radical (unpaired) electrons. The van der Waals surface area contributed by atoms with Crippen molar-refractivity contribution >= 4 is 22.2 Å². The number of fused-ring (bicyclic) bond motifs is 1. The number of hydrogen-bond donors (Lipinski definition) is 0. The Morgan fingerprint density at radius 2 is 2.10 bits per heavy atom. The van der Waals surface area contributed by atoms with Crippen LogP contribution in [-0.4, -0.2) is 16.0 Å². The third-order valence-electron chi connectivity index (χ3n) is 3.52. The van der Waals surface area contributed by atoms with Gasteiger partial charge in [-0.2, -0.15) is 0 Å². The van der Waals surface area contributed by atoms with Gasteiger partial charge in [0.2, 0.25) is 6.54 Å². The van der Waals surface area contributed by atoms with E-state index in [0.717, 1.165) is 21.3 Å². The van der Waals surface area contributed by atoms with Crippen molar-refractivity contribution in [3.8, 4) is 0 Å². The Morgan fingerprint density at radius 1 is 1.30 bits per heavy atom. The Balaban J connectivity index is 2.16. The number of benzene rings is 1. The highest BCUT2D eigenvalue weighted by Gasteiger charge is 2.24. The molecule has 0 unspecified atom stereocenters. The van der Waals surface area contributed by atoms with E-state index >= 15 is 0 Å². The van der Waals surface area contributed by atoms with Gasteiger partial charge in [0, 0.05) is 33.9 Å². The molecule has 0 amide bonds. The summed E-state index contributed by atoms with van der Waals surface area (Å²) in [4.78, 5) is 11.8. The molecule has 1 aromatic carbocycles. The number of nitro groups is 1. The molecule has 4 nitrogen and oxygen atoms in total. The minimum atomic E-state index is -0.230. The van der Waals surface area contributed by atoms with Crippen molar-refractivity contribution < 1.29 is 4.92 Å². The van der Waals surface area contributed by atoms with Crippen LogP contribution in [0.15, 0.2) is 48.0 Å². The van der Waals surface area contributed by atoms with Crippen LogP contribution < -0.4 is 0 Å². The van der Waals surface area contributed by atoms with E-state index < -0.39 is 0 Å². The van der Waals surface area contributed by atoms with E-state index in [0.29, 0.717) is 0 Å². The zero-order chi connectivity index (χ0) is 14.1. The average molecular weight is 286 g/mol. The van der Waals surface area contributed by atoms with Gasteiger partial charge in [-0.3, -0.25) is 10.1 Å². The van der Waals surface area contributed by atoms with Crippen LogP contribution in [0.25, 0.3) is 10.9 Å². The topological polar surface area (TPSA) is 48.1 Å². The molecule has 3 aromatic rings. The van der Waals surface area contributed by atoms with Crippen LogP contribution in [0.3, 0.4) is 0 Å². The monoisotopic (exact) mass is 286 g/mol. The highest BCUT2D eigenvalue weighted by atomic mass is 32.1. The molecular weight excluding hydrogens is 272 g/mol. The maximum absolute atomic E-state index is 11.0. The first-order valence-corrected chi connectivity index (χ1v) is 7.24. The smallest absolute Gasteiger partial charge is 0.215 e. The Kier molecular flexibility index (Phi) is 3.28. The van der Waals surface area contributed by atoms with Crippen molar-refractivity contribution in [2.24, 2.45) is 7.05 Å². The van der Waals surface area contributed by atoms with Gasteiger partial charge in [0.25, 0.3) is 0 Å². The third kappa shape index (κ3) is 2.20. The zero-order valence-corrected chi connectivity index (χ0v) is 11.8. The zero-order valence-electron chi connectivity index (χ0n) is 11.0. The van der Waals surface area contributed by atoms with Crippen molar-refractivity contribution in [2.45, 2.75) is 5.92 Å². The van der Waals surface area contributed by atoms with Gasteiger partial charge in [-0.15, -0.1) is 11.3 Å². The summed E-state index contributed by atoms with van der Waals surface area (Å²) in [5.41, 5.74) is 2.13. The Bertz CT molecular complexity index is 746. The molecule has 2 heterocycles. The minimum absolute atomic E-state index is 0.0749. The van der Waals surface area contributed by atoms with Crippen LogP contribution in [0.4, 0.5) is 0 Å². The fourth-order valence-electron chi connectivity index (χ4n) is 2.63. The van der Waals surface area contributed by atoms with Gasteiger partial charge in [0.15, 0.2) is 0 Å². The first kappa shape index (κ1) is 12.9. The van der Waals surface area contributed by atoms with Gasteiger partial charge in [0.05, 0.1) is 5.92 Å². The van der Waals surface area contributed by atoms with Crippen LogP contribution in [0, 0.1) is 10.1 Å². The molecule has 0 N–H and O–H groups in total. The predicted molar refractivity (Wildman–Crippen MR) is 80.9 cm³/mol. The molecular formula is C15H14N2O2S. The number of thiophene rings is 1. The van der Waals surface area contributed by atoms with E-state index in [1.165, 1.54) is 0 Å². The molecule has 0 saturated carbocycles. The molecule has 1 atom stereocenters. The number of rotatable bonds is 4. The van der Waals surface area contributed by atoms with E-state index in [4.69, 9.17) is 0 Å². The summed E-state index contributed by atoms with van der Waals surface area (Å²) in [5.74, 6) is -0.184. The number of aryl methyl sites for hydroxylation is 1. The normalized spacial score (nSPS) is 12.7. The lowest BCUT2D eigenvalue weighted by atomic mass is 9.97. The largest absolute Gasteiger partial charge is 0.350 e. The van der Waals surface area contributed by atoms with Crippen LogP contribution in [0.1, 0.15) is 16.4 Å². The van der Waals surface area contributed by atoms with Gasteiger partial charge in [-0.1, -0.05) is 24.3 Å². The first-order valence-electron chi connectivity index (χ1n) is 6.36. The van der Waals surface area contributed by atoms with Crippen LogP contribution >= 0.6 is 11.3 Å². The molecule has 0 saturated heterocycles. The molecule has 0 aliphatic rings. The van der Waals surface area contributed by atoms with E-state index in [1.54, 1.807) is 11.3 Å². The summed E-state index contributed by atoms with van der Waals surface area (Å²) in [6.07, 6.45) is 2.01. The maximum Gasteiger partial charge on any atom is 0.215 e. The van der Waals surface area contributed by atoms with Gasteiger partial charge < -0.3 is 4.57 Å². The number of para-hydroxylation sites is 1. The summed E-state index contributed by atoms with van der Waals surface area (Å²) < 4.78 is 2.03. The summed E-state index contributed by atoms with van der Waals surface area (Å²) >= 11 is 1.57. The van der Waals surface area contributed by atoms with Crippen molar-refractivity contribution in [2.75, 3.05) is 6.54 Å². The van der Waals surface area contributed by atoms with E-state index in [2.05, 4.69) is 0 Å². The van der Waals surface area contributed by atoms with Crippen molar-refractivity contribution in [3.05, 3.63) is 68.5 Å². The molecule has 5 heteroatoms. The summed E-state index contributed by atoms with van der Waals surface area (Å²) in [6, 6.07) is 11.9. The van der Waals surface area contributed by atoms with Crippen molar-refractivity contribution in [3.63, 3.8) is 0 Å². The van der Waals surface area contributed by atoms with Crippen LogP contribution in [0.2, 0.25) is 0 Å². The second kappa shape index (κ2) is 5.09. The van der Waals surface area contributed by atoms with Crippen molar-refractivity contribution in [1.29, 1.82) is 0 Å². The van der Waals surface area contributed by atoms with Crippen LogP contribution in [-0.2, 0) is 7.05 Å². The maximum atomic E-state index is 11.0. The predicted octanol–water partition coefficient (Wildman–Crippen LogP) is 3.65. The summed E-state index contributed by atoms with van der Waals surface area (Å²) in [7, 11) is 1.98. The fraction of sp³-hybridized carbons (Fsp3) is 0.200. The number of aromatic nitrogens is 1. The molecule has 102 valence electrons. The fourth-order valence-corrected chi connectivity index (χ4v) is 3.47. The minimum Gasteiger partial charge on any atom is -0.350 e. The average Bonchev–Trinajstić information content (AvgIpc) is 3.05.